The number of rotatable bonds is 13. The molecule has 0 spiro atoms. The Morgan fingerprint density at radius 1 is 1.19 bits per heavy atom. The molecule has 1 heterocycles. The van der Waals surface area contributed by atoms with Crippen LogP contribution in [0.5, 0.6) is 5.75 Å². The van der Waals surface area contributed by atoms with Crippen molar-refractivity contribution in [1.82, 2.24) is 4.90 Å². The fourth-order valence-electron chi connectivity index (χ4n) is 3.11. The van der Waals surface area contributed by atoms with E-state index in [1.165, 1.54) is 25.7 Å². The number of primary amides is 1. The smallest absolute Gasteiger partial charge is 0.327 e. The quantitative estimate of drug-likeness (QED) is 0.258. The molecule has 0 bridgehead atoms. The topological polar surface area (TPSA) is 110 Å². The van der Waals surface area contributed by atoms with Gasteiger partial charge in [0.2, 0.25) is 5.91 Å². The largest absolute Gasteiger partial charge is 0.494 e. The normalized spacial score (nSPS) is 16.0. The molecule has 1 aromatic carbocycles. The number of unbranched alkanes of at least 4 members (excludes halogenated alkanes) is 5. The summed E-state index contributed by atoms with van der Waals surface area (Å²) >= 11 is 6.16. The minimum atomic E-state index is -1.41. The van der Waals surface area contributed by atoms with Crippen LogP contribution in [0.25, 0.3) is 6.08 Å². The van der Waals surface area contributed by atoms with Gasteiger partial charge in [-0.05, 0) is 30.2 Å². The van der Waals surface area contributed by atoms with Crippen LogP contribution in [0.2, 0.25) is 0 Å². The molecule has 0 saturated carbocycles. The second-order valence-corrected chi connectivity index (χ2v) is 8.94. The molecule has 0 aliphatic carbocycles. The molecule has 168 valence electrons. The van der Waals surface area contributed by atoms with Crippen molar-refractivity contribution in [2.45, 2.75) is 57.9 Å². The van der Waals surface area contributed by atoms with Crippen LogP contribution < -0.4 is 10.5 Å². The molecule has 7 nitrogen and oxygen atoms in total. The number of nitrogens with zero attached hydrogens (tertiary/aromatic N) is 1. The maximum Gasteiger partial charge on any atom is 0.327 e. The maximum atomic E-state index is 12.7. The lowest BCUT2D eigenvalue weighted by Crippen LogP contribution is -2.46. The molecule has 31 heavy (non-hydrogen) atoms. The van der Waals surface area contributed by atoms with Gasteiger partial charge in [0.1, 0.15) is 16.1 Å². The number of carbonyl (C=O) groups excluding carboxylic acids is 2. The Morgan fingerprint density at radius 3 is 2.45 bits per heavy atom. The highest BCUT2D eigenvalue weighted by atomic mass is 32.2. The van der Waals surface area contributed by atoms with E-state index in [0.29, 0.717) is 11.5 Å². The number of thiocarbonyl (C=S) groups is 1. The summed E-state index contributed by atoms with van der Waals surface area (Å²) in [5.41, 5.74) is 5.87. The highest BCUT2D eigenvalue weighted by Crippen LogP contribution is 2.34. The number of hydrogen-bond donors (Lipinski definition) is 2. The Balaban J connectivity index is 1.94. The number of thioether (sulfide) groups is 1. The second-order valence-electron chi connectivity index (χ2n) is 7.26. The van der Waals surface area contributed by atoms with E-state index in [0.717, 1.165) is 40.8 Å². The van der Waals surface area contributed by atoms with Crippen LogP contribution in [-0.4, -0.2) is 44.8 Å². The van der Waals surface area contributed by atoms with E-state index >= 15 is 0 Å². The molecule has 1 aliphatic rings. The van der Waals surface area contributed by atoms with Gasteiger partial charge in [0.25, 0.3) is 5.91 Å². The van der Waals surface area contributed by atoms with Crippen LogP contribution in [0.1, 0.15) is 57.4 Å². The Bertz CT molecular complexity index is 839. The first-order valence-corrected chi connectivity index (χ1v) is 11.6. The van der Waals surface area contributed by atoms with E-state index in [9.17, 15) is 19.5 Å². The van der Waals surface area contributed by atoms with E-state index in [-0.39, 0.29) is 4.32 Å². The number of hydrogen-bond acceptors (Lipinski definition) is 6. The molecule has 1 aromatic rings. The second kappa shape index (κ2) is 12.5. The molecule has 0 aromatic heterocycles. The molecule has 9 heteroatoms. The molecule has 2 amide bonds. The van der Waals surface area contributed by atoms with Crippen molar-refractivity contribution in [3.05, 3.63) is 34.7 Å². The average Bonchev–Trinajstić information content (AvgIpc) is 2.99. The number of nitrogens with two attached hydrogens (primary N) is 1. The van der Waals surface area contributed by atoms with E-state index in [4.69, 9.17) is 22.7 Å². The molecule has 0 unspecified atom stereocenters. The molecular formula is C22H28N2O5S2. The maximum absolute atomic E-state index is 12.7. The van der Waals surface area contributed by atoms with E-state index in [2.05, 4.69) is 6.92 Å². The molecular weight excluding hydrogens is 436 g/mol. The van der Waals surface area contributed by atoms with Crippen molar-refractivity contribution in [1.29, 1.82) is 0 Å². The Hall–Kier alpha value is -2.39. The van der Waals surface area contributed by atoms with Crippen molar-refractivity contribution >= 4 is 52.2 Å². The van der Waals surface area contributed by atoms with Gasteiger partial charge in [0.05, 0.1) is 17.9 Å². The summed E-state index contributed by atoms with van der Waals surface area (Å²) in [5.74, 6) is -1.94. The summed E-state index contributed by atoms with van der Waals surface area (Å²) in [4.78, 5) is 36.6. The van der Waals surface area contributed by atoms with Gasteiger partial charge in [-0.25, -0.2) is 4.79 Å². The SMILES string of the molecule is CCCCCCCCOc1ccc(/C=C2/SC(=S)N([C@@H](CC(N)=O)C(=O)O)C2=O)cc1. The number of benzene rings is 1. The third-order valence-electron chi connectivity index (χ3n) is 4.76. The van der Waals surface area contributed by atoms with Gasteiger partial charge < -0.3 is 15.6 Å². The predicted molar refractivity (Wildman–Crippen MR) is 126 cm³/mol. The number of carboxylic acids is 1. The van der Waals surface area contributed by atoms with Crippen LogP contribution in [-0.2, 0) is 14.4 Å². The highest BCUT2D eigenvalue weighted by Gasteiger charge is 2.41. The number of ether oxygens (including phenoxy) is 1. The Morgan fingerprint density at radius 2 is 1.84 bits per heavy atom. The van der Waals surface area contributed by atoms with Crippen LogP contribution in [0, 0.1) is 0 Å². The lowest BCUT2D eigenvalue weighted by Gasteiger charge is -2.21. The summed E-state index contributed by atoms with van der Waals surface area (Å²) in [5, 5.41) is 9.36. The van der Waals surface area contributed by atoms with E-state index in [1.54, 1.807) is 6.08 Å². The van der Waals surface area contributed by atoms with Crippen LogP contribution >= 0.6 is 24.0 Å². The minimum Gasteiger partial charge on any atom is -0.494 e. The fourth-order valence-corrected chi connectivity index (χ4v) is 4.47. The van der Waals surface area contributed by atoms with Gasteiger partial charge in [-0.1, -0.05) is 75.1 Å². The zero-order chi connectivity index (χ0) is 22.8. The fraction of sp³-hybridized carbons (Fsp3) is 0.455. The Labute approximate surface area is 192 Å². The number of amides is 2. The van der Waals surface area contributed by atoms with Crippen LogP contribution in [0.3, 0.4) is 0 Å². The summed E-state index contributed by atoms with van der Waals surface area (Å²) in [7, 11) is 0. The number of carbonyl (C=O) groups is 3. The van der Waals surface area contributed by atoms with Gasteiger partial charge in [0.15, 0.2) is 0 Å². The summed E-state index contributed by atoms with van der Waals surface area (Å²) < 4.78 is 5.84. The first-order valence-electron chi connectivity index (χ1n) is 10.3. The van der Waals surface area contributed by atoms with Crippen molar-refractivity contribution < 1.29 is 24.2 Å². The van der Waals surface area contributed by atoms with E-state index < -0.39 is 30.2 Å². The standard InChI is InChI=1S/C22H28N2O5S2/c1-2-3-4-5-6-7-12-29-16-10-8-15(9-11-16)13-18-20(26)24(22(30)31-18)17(21(27)28)14-19(23)25/h8-11,13,17H,2-7,12,14H2,1H3,(H2,23,25)(H,27,28)/b18-13+/t17-/m0/s1. The van der Waals surface area contributed by atoms with Gasteiger partial charge in [-0.3, -0.25) is 14.5 Å². The molecule has 1 saturated heterocycles. The highest BCUT2D eigenvalue weighted by molar-refractivity contribution is 8.26. The lowest BCUT2D eigenvalue weighted by molar-refractivity contribution is -0.146. The van der Waals surface area contributed by atoms with E-state index in [1.807, 2.05) is 24.3 Å². The summed E-state index contributed by atoms with van der Waals surface area (Å²) in [6.45, 7) is 2.87. The molecule has 3 N–H and O–H groups in total. The van der Waals surface area contributed by atoms with Gasteiger partial charge in [0, 0.05) is 0 Å². The zero-order valence-electron chi connectivity index (χ0n) is 17.5. The van der Waals surface area contributed by atoms with Gasteiger partial charge in [-0.2, -0.15) is 0 Å². The van der Waals surface area contributed by atoms with Crippen molar-refractivity contribution in [3.63, 3.8) is 0 Å². The monoisotopic (exact) mass is 464 g/mol. The number of aliphatic carboxylic acids is 1. The average molecular weight is 465 g/mol. The molecule has 1 atom stereocenters. The summed E-state index contributed by atoms with van der Waals surface area (Å²) in [6, 6.07) is 5.89. The first-order chi connectivity index (χ1) is 14.8. The molecule has 1 aliphatic heterocycles. The third kappa shape index (κ3) is 7.66. The van der Waals surface area contributed by atoms with Gasteiger partial charge >= 0.3 is 5.97 Å². The molecule has 0 radical (unpaired) electrons. The zero-order valence-corrected chi connectivity index (χ0v) is 19.2. The van der Waals surface area contributed by atoms with Crippen molar-refractivity contribution in [2.75, 3.05) is 6.61 Å². The van der Waals surface area contributed by atoms with Crippen LogP contribution in [0.4, 0.5) is 0 Å². The van der Waals surface area contributed by atoms with Crippen molar-refractivity contribution in [2.24, 2.45) is 5.73 Å². The summed E-state index contributed by atoms with van der Waals surface area (Å²) in [6.07, 6.45) is 8.34. The predicted octanol–water partition coefficient (Wildman–Crippen LogP) is 3.96. The first kappa shape index (κ1) is 24.9. The van der Waals surface area contributed by atoms with Crippen molar-refractivity contribution in [3.8, 4) is 5.75 Å². The Kier molecular flexibility index (Phi) is 10.00. The molecule has 1 fully saturated rings. The third-order valence-corrected chi connectivity index (χ3v) is 6.09. The number of carboxylic acid groups (broad SMARTS) is 1. The van der Waals surface area contributed by atoms with Crippen LogP contribution in [0.15, 0.2) is 29.2 Å². The molecule has 2 rings (SSSR count). The minimum absolute atomic E-state index is 0.0868. The van der Waals surface area contributed by atoms with Gasteiger partial charge in [-0.15, -0.1) is 0 Å². The lowest BCUT2D eigenvalue weighted by atomic mass is 10.1.